The summed E-state index contributed by atoms with van der Waals surface area (Å²) in [6.45, 7) is 6.64. The molecule has 1 amide bonds. The first-order valence-corrected chi connectivity index (χ1v) is 6.13. The Morgan fingerprint density at radius 2 is 1.94 bits per heavy atom. The van der Waals surface area contributed by atoms with Gasteiger partial charge in [-0.25, -0.2) is 4.39 Å². The number of carbonyl (C=O) groups excluding carboxylic acids is 1. The van der Waals surface area contributed by atoms with E-state index < -0.39 is 0 Å². The zero-order chi connectivity index (χ0) is 13.6. The van der Waals surface area contributed by atoms with Crippen molar-refractivity contribution in [3.05, 3.63) is 35.6 Å². The van der Waals surface area contributed by atoms with Gasteiger partial charge in [0.2, 0.25) is 5.91 Å². The lowest BCUT2D eigenvalue weighted by atomic mass is 10.1. The van der Waals surface area contributed by atoms with Gasteiger partial charge >= 0.3 is 0 Å². The Morgan fingerprint density at radius 3 is 2.56 bits per heavy atom. The zero-order valence-corrected chi connectivity index (χ0v) is 11.2. The van der Waals surface area contributed by atoms with Crippen LogP contribution in [0.25, 0.3) is 0 Å². The Bertz CT molecular complexity index is 399. The van der Waals surface area contributed by atoms with Crippen molar-refractivity contribution >= 4 is 5.91 Å². The van der Waals surface area contributed by atoms with Gasteiger partial charge in [-0.05, 0) is 45.4 Å². The monoisotopic (exact) mass is 252 g/mol. The Kier molecular flexibility index (Phi) is 5.28. The molecular formula is C14H21FN2O. The predicted octanol–water partition coefficient (Wildman–Crippen LogP) is 1.87. The maximum Gasteiger partial charge on any atom is 0.234 e. The molecule has 4 heteroatoms. The third-order valence-electron chi connectivity index (χ3n) is 2.33. The number of hydrogen-bond acceptors (Lipinski definition) is 2. The van der Waals surface area contributed by atoms with Crippen LogP contribution in [0.15, 0.2) is 24.3 Å². The molecule has 0 saturated heterocycles. The Balaban J connectivity index is 2.23. The molecule has 0 fully saturated rings. The molecule has 0 aliphatic heterocycles. The van der Waals surface area contributed by atoms with Crippen LogP contribution in [0.5, 0.6) is 0 Å². The third kappa shape index (κ3) is 5.77. The van der Waals surface area contributed by atoms with Crippen LogP contribution in [0, 0.1) is 5.82 Å². The number of amides is 1. The second kappa shape index (κ2) is 6.50. The summed E-state index contributed by atoms with van der Waals surface area (Å²) < 4.78 is 13.3. The lowest BCUT2D eigenvalue weighted by molar-refractivity contribution is -0.121. The molecule has 0 unspecified atom stereocenters. The summed E-state index contributed by atoms with van der Waals surface area (Å²) in [5.41, 5.74) is 0.450. The smallest absolute Gasteiger partial charge is 0.234 e. The van der Waals surface area contributed by atoms with Crippen LogP contribution in [-0.4, -0.2) is 24.5 Å². The summed E-state index contributed by atoms with van der Waals surface area (Å²) >= 11 is 0. The summed E-state index contributed by atoms with van der Waals surface area (Å²) in [6.07, 6.45) is 0.579. The average Bonchev–Trinajstić information content (AvgIpc) is 2.24. The minimum atomic E-state index is -0.218. The third-order valence-corrected chi connectivity index (χ3v) is 2.33. The van der Waals surface area contributed by atoms with E-state index in [0.717, 1.165) is 0 Å². The first-order chi connectivity index (χ1) is 8.38. The second-order valence-electron chi connectivity index (χ2n) is 5.32. The Morgan fingerprint density at radius 1 is 1.28 bits per heavy atom. The Hall–Kier alpha value is -1.42. The fraction of sp³-hybridized carbons (Fsp3) is 0.500. The Labute approximate surface area is 108 Å². The van der Waals surface area contributed by atoms with E-state index >= 15 is 0 Å². The number of rotatable bonds is 5. The van der Waals surface area contributed by atoms with Crippen LogP contribution in [0.1, 0.15) is 26.3 Å². The van der Waals surface area contributed by atoms with Gasteiger partial charge in [-0.15, -0.1) is 0 Å². The van der Waals surface area contributed by atoms with Crippen LogP contribution in [-0.2, 0) is 11.2 Å². The molecule has 3 nitrogen and oxygen atoms in total. The molecule has 0 radical (unpaired) electrons. The summed E-state index contributed by atoms with van der Waals surface area (Å²) in [7, 11) is 0. The van der Waals surface area contributed by atoms with Crippen molar-refractivity contribution < 1.29 is 9.18 Å². The van der Waals surface area contributed by atoms with E-state index in [0.29, 0.717) is 18.5 Å². The maximum absolute atomic E-state index is 13.3. The molecule has 1 aromatic carbocycles. The minimum Gasteiger partial charge on any atom is -0.350 e. The lowest BCUT2D eigenvalue weighted by Crippen LogP contribution is -2.45. The van der Waals surface area contributed by atoms with E-state index in [1.807, 2.05) is 26.8 Å². The van der Waals surface area contributed by atoms with Gasteiger partial charge in [0.25, 0.3) is 0 Å². The number of carbonyl (C=O) groups is 1. The molecule has 2 N–H and O–H groups in total. The van der Waals surface area contributed by atoms with Gasteiger partial charge < -0.3 is 10.6 Å². The average molecular weight is 252 g/mol. The fourth-order valence-corrected chi connectivity index (χ4v) is 1.59. The number of hydrogen-bond donors (Lipinski definition) is 2. The van der Waals surface area contributed by atoms with E-state index in [2.05, 4.69) is 10.6 Å². The molecule has 0 saturated carbocycles. The van der Waals surface area contributed by atoms with E-state index in [9.17, 15) is 9.18 Å². The standard InChI is InChI=1S/C14H21FN2O/c1-14(2,3)17-13(18)10-16-9-8-11-6-4-5-7-12(11)15/h4-7,16H,8-10H2,1-3H3,(H,17,18). The highest BCUT2D eigenvalue weighted by Crippen LogP contribution is 2.06. The minimum absolute atomic E-state index is 0.0453. The molecule has 100 valence electrons. The first-order valence-electron chi connectivity index (χ1n) is 6.13. The molecule has 1 rings (SSSR count). The van der Waals surface area contributed by atoms with Gasteiger partial charge in [-0.2, -0.15) is 0 Å². The van der Waals surface area contributed by atoms with Gasteiger partial charge in [-0.1, -0.05) is 18.2 Å². The predicted molar refractivity (Wildman–Crippen MR) is 70.9 cm³/mol. The molecule has 0 spiro atoms. The van der Waals surface area contributed by atoms with E-state index in [-0.39, 0.29) is 23.8 Å². The van der Waals surface area contributed by atoms with Gasteiger partial charge in [0.05, 0.1) is 6.54 Å². The van der Waals surface area contributed by atoms with Gasteiger partial charge in [-0.3, -0.25) is 4.79 Å². The van der Waals surface area contributed by atoms with Crippen molar-refractivity contribution in [3.8, 4) is 0 Å². The molecule has 1 aromatic rings. The quantitative estimate of drug-likeness (QED) is 0.786. The molecule has 18 heavy (non-hydrogen) atoms. The maximum atomic E-state index is 13.3. The molecule has 0 aliphatic rings. The van der Waals surface area contributed by atoms with Gasteiger partial charge in [0, 0.05) is 5.54 Å². The van der Waals surface area contributed by atoms with Crippen LogP contribution < -0.4 is 10.6 Å². The van der Waals surface area contributed by atoms with Crippen molar-refractivity contribution in [1.82, 2.24) is 10.6 Å². The highest BCUT2D eigenvalue weighted by Gasteiger charge is 2.12. The van der Waals surface area contributed by atoms with Gasteiger partial charge in [0.1, 0.15) is 5.82 Å². The number of halogens is 1. The highest BCUT2D eigenvalue weighted by molar-refractivity contribution is 5.78. The van der Waals surface area contributed by atoms with Crippen molar-refractivity contribution in [2.45, 2.75) is 32.7 Å². The summed E-state index contributed by atoms with van der Waals surface area (Å²) in [4.78, 5) is 11.5. The molecule has 0 aliphatic carbocycles. The van der Waals surface area contributed by atoms with Crippen molar-refractivity contribution in [3.63, 3.8) is 0 Å². The number of nitrogens with one attached hydrogen (secondary N) is 2. The first kappa shape index (κ1) is 14.6. The van der Waals surface area contributed by atoms with Crippen molar-refractivity contribution in [1.29, 1.82) is 0 Å². The molecule has 0 heterocycles. The largest absolute Gasteiger partial charge is 0.350 e. The SMILES string of the molecule is CC(C)(C)NC(=O)CNCCc1ccccc1F. The zero-order valence-electron chi connectivity index (χ0n) is 11.2. The molecule has 0 atom stereocenters. The van der Waals surface area contributed by atoms with Gasteiger partial charge in [0.15, 0.2) is 0 Å². The van der Waals surface area contributed by atoms with E-state index in [1.54, 1.807) is 12.1 Å². The normalized spacial score (nSPS) is 11.3. The van der Waals surface area contributed by atoms with Crippen LogP contribution in [0.3, 0.4) is 0 Å². The summed E-state index contributed by atoms with van der Waals surface area (Å²) in [6, 6.07) is 6.68. The van der Waals surface area contributed by atoms with E-state index in [4.69, 9.17) is 0 Å². The second-order valence-corrected chi connectivity index (χ2v) is 5.32. The van der Waals surface area contributed by atoms with E-state index in [1.165, 1.54) is 6.07 Å². The van der Waals surface area contributed by atoms with Crippen molar-refractivity contribution in [2.75, 3.05) is 13.1 Å². The van der Waals surface area contributed by atoms with Crippen molar-refractivity contribution in [2.24, 2.45) is 0 Å². The van der Waals surface area contributed by atoms with Crippen LogP contribution >= 0.6 is 0 Å². The summed E-state index contributed by atoms with van der Waals surface area (Å²) in [5.74, 6) is -0.241. The molecule has 0 aromatic heterocycles. The molecular weight excluding hydrogens is 231 g/mol. The highest BCUT2D eigenvalue weighted by atomic mass is 19.1. The lowest BCUT2D eigenvalue weighted by Gasteiger charge is -2.20. The van der Waals surface area contributed by atoms with Crippen LogP contribution in [0.4, 0.5) is 4.39 Å². The topological polar surface area (TPSA) is 41.1 Å². The number of benzene rings is 1. The summed E-state index contributed by atoms with van der Waals surface area (Å²) in [5, 5.41) is 5.86. The molecule has 0 bridgehead atoms. The van der Waals surface area contributed by atoms with Crippen LogP contribution in [0.2, 0.25) is 0 Å². The fourth-order valence-electron chi connectivity index (χ4n) is 1.59.